The maximum Gasteiger partial charge on any atom is 0.326 e. The van der Waals surface area contributed by atoms with Crippen LogP contribution in [0.5, 0.6) is 0 Å². The van der Waals surface area contributed by atoms with Gasteiger partial charge in [-0.25, -0.2) is 4.79 Å². The van der Waals surface area contributed by atoms with Crippen molar-refractivity contribution in [1.82, 2.24) is 5.32 Å². The first kappa shape index (κ1) is 22.2. The van der Waals surface area contributed by atoms with Crippen molar-refractivity contribution in [2.24, 2.45) is 5.73 Å². The Kier molecular flexibility index (Phi) is 7.54. The Labute approximate surface area is 181 Å². The van der Waals surface area contributed by atoms with Gasteiger partial charge < -0.3 is 21.3 Å². The van der Waals surface area contributed by atoms with Crippen molar-refractivity contribution < 1.29 is 19.8 Å². The smallest absolute Gasteiger partial charge is 0.326 e. The third kappa shape index (κ3) is 6.25. The molecule has 0 aliphatic carbocycles. The molecule has 3 aromatic carbocycles. The Morgan fingerprint density at radius 1 is 0.774 bits per heavy atom. The number of carboxylic acid groups (broad SMARTS) is 1. The van der Waals surface area contributed by atoms with Gasteiger partial charge in [0.05, 0.1) is 0 Å². The predicted octanol–water partition coefficient (Wildman–Crippen LogP) is 2.40. The Balaban J connectivity index is 1.61. The van der Waals surface area contributed by atoms with Crippen molar-refractivity contribution in [3.63, 3.8) is 0 Å². The van der Waals surface area contributed by atoms with E-state index in [1.807, 2.05) is 84.9 Å². The normalized spacial score (nSPS) is 13.7. The van der Waals surface area contributed by atoms with Gasteiger partial charge in [0, 0.05) is 12.5 Å². The highest BCUT2D eigenvalue weighted by atomic mass is 16.4. The van der Waals surface area contributed by atoms with Crippen LogP contribution >= 0.6 is 0 Å². The van der Waals surface area contributed by atoms with Crippen LogP contribution in [0, 0.1) is 0 Å². The first-order valence-electron chi connectivity index (χ1n) is 10.1. The monoisotopic (exact) mass is 418 g/mol. The van der Waals surface area contributed by atoms with Gasteiger partial charge in [0.1, 0.15) is 12.1 Å². The number of aliphatic hydroxyl groups excluding tert-OH is 1. The van der Waals surface area contributed by atoms with E-state index in [1.54, 1.807) is 0 Å². The summed E-state index contributed by atoms with van der Waals surface area (Å²) in [5.74, 6) is -1.97. The molecule has 6 nitrogen and oxygen atoms in total. The minimum atomic E-state index is -1.51. The van der Waals surface area contributed by atoms with E-state index in [1.165, 1.54) is 0 Å². The van der Waals surface area contributed by atoms with Crippen LogP contribution in [-0.4, -0.2) is 40.3 Å². The van der Waals surface area contributed by atoms with Gasteiger partial charge in [0.25, 0.3) is 5.91 Å². The second-order valence-electron chi connectivity index (χ2n) is 7.46. The van der Waals surface area contributed by atoms with E-state index >= 15 is 0 Å². The molecule has 3 atom stereocenters. The molecule has 3 aromatic rings. The van der Waals surface area contributed by atoms with E-state index in [0.717, 1.165) is 22.3 Å². The number of aliphatic carboxylic acids is 1. The molecule has 160 valence electrons. The number of nitrogens with one attached hydrogen (secondary N) is 1. The standard InChI is InChI=1S/C25H26N2O4/c26-21(15-17-7-3-1-4-8-17)23(28)24(29)27-22(25(30)31)16-18-11-13-20(14-12-18)19-9-5-2-6-10-19/h1-14,21-23,28H,15-16,26H2,(H,27,29)(H,30,31)/t21-,22+,23+/m1/s1. The largest absolute Gasteiger partial charge is 0.480 e. The zero-order chi connectivity index (χ0) is 22.2. The average Bonchev–Trinajstić information content (AvgIpc) is 2.79. The molecule has 0 heterocycles. The maximum atomic E-state index is 12.4. The maximum absolute atomic E-state index is 12.4. The molecule has 0 aliphatic heterocycles. The van der Waals surface area contributed by atoms with Crippen molar-refractivity contribution in [1.29, 1.82) is 0 Å². The number of carbonyl (C=O) groups excluding carboxylic acids is 1. The summed E-state index contributed by atoms with van der Waals surface area (Å²) >= 11 is 0. The zero-order valence-electron chi connectivity index (χ0n) is 17.0. The molecule has 0 radical (unpaired) electrons. The highest BCUT2D eigenvalue weighted by molar-refractivity contribution is 5.86. The minimum Gasteiger partial charge on any atom is -0.480 e. The highest BCUT2D eigenvalue weighted by Crippen LogP contribution is 2.19. The summed E-state index contributed by atoms with van der Waals surface area (Å²) in [5.41, 5.74) is 9.69. The Hall–Kier alpha value is -3.48. The van der Waals surface area contributed by atoms with Crippen molar-refractivity contribution in [3.8, 4) is 11.1 Å². The number of hydrogen-bond donors (Lipinski definition) is 4. The first-order valence-corrected chi connectivity index (χ1v) is 10.1. The molecule has 0 spiro atoms. The predicted molar refractivity (Wildman–Crippen MR) is 119 cm³/mol. The lowest BCUT2D eigenvalue weighted by Crippen LogP contribution is -2.52. The fourth-order valence-electron chi connectivity index (χ4n) is 3.35. The van der Waals surface area contributed by atoms with Gasteiger partial charge in [-0.2, -0.15) is 0 Å². The summed E-state index contributed by atoms with van der Waals surface area (Å²) in [6, 6.07) is 24.6. The molecule has 0 aromatic heterocycles. The Morgan fingerprint density at radius 2 is 1.29 bits per heavy atom. The quantitative estimate of drug-likeness (QED) is 0.426. The van der Waals surface area contributed by atoms with Crippen LogP contribution < -0.4 is 11.1 Å². The highest BCUT2D eigenvalue weighted by Gasteiger charge is 2.28. The zero-order valence-corrected chi connectivity index (χ0v) is 17.0. The number of amides is 1. The third-order valence-corrected chi connectivity index (χ3v) is 5.10. The van der Waals surface area contributed by atoms with Crippen LogP contribution in [0.1, 0.15) is 11.1 Å². The van der Waals surface area contributed by atoms with Crippen LogP contribution in [-0.2, 0) is 22.4 Å². The number of nitrogens with two attached hydrogens (primary N) is 1. The molecule has 0 saturated heterocycles. The molecule has 0 saturated carbocycles. The topological polar surface area (TPSA) is 113 Å². The van der Waals surface area contributed by atoms with Gasteiger partial charge in [0.15, 0.2) is 0 Å². The molecule has 0 bridgehead atoms. The Bertz CT molecular complexity index is 991. The lowest BCUT2D eigenvalue weighted by Gasteiger charge is -2.21. The molecule has 0 aliphatic rings. The van der Waals surface area contributed by atoms with Gasteiger partial charge in [-0.1, -0.05) is 84.9 Å². The van der Waals surface area contributed by atoms with Gasteiger partial charge in [0.2, 0.25) is 0 Å². The summed E-state index contributed by atoms with van der Waals surface area (Å²) in [6.07, 6.45) is -1.12. The molecule has 5 N–H and O–H groups in total. The van der Waals surface area contributed by atoms with E-state index in [9.17, 15) is 19.8 Å². The first-order chi connectivity index (χ1) is 14.9. The number of aliphatic hydroxyl groups is 1. The molecule has 31 heavy (non-hydrogen) atoms. The molecule has 3 rings (SSSR count). The number of benzene rings is 3. The van der Waals surface area contributed by atoms with Crippen molar-refractivity contribution in [2.45, 2.75) is 31.0 Å². The van der Waals surface area contributed by atoms with Crippen molar-refractivity contribution in [2.75, 3.05) is 0 Å². The fourth-order valence-corrected chi connectivity index (χ4v) is 3.35. The lowest BCUT2D eigenvalue weighted by atomic mass is 9.99. The van der Waals surface area contributed by atoms with Crippen LogP contribution in [0.4, 0.5) is 0 Å². The SMILES string of the molecule is N[C@H](Cc1ccccc1)[C@H](O)C(=O)N[C@@H](Cc1ccc(-c2ccccc2)cc1)C(=O)O. The van der Waals surface area contributed by atoms with Crippen molar-refractivity contribution in [3.05, 3.63) is 96.1 Å². The third-order valence-electron chi connectivity index (χ3n) is 5.10. The summed E-state index contributed by atoms with van der Waals surface area (Å²) in [7, 11) is 0. The summed E-state index contributed by atoms with van der Waals surface area (Å²) in [5, 5.41) is 22.2. The summed E-state index contributed by atoms with van der Waals surface area (Å²) < 4.78 is 0. The van der Waals surface area contributed by atoms with E-state index in [-0.39, 0.29) is 6.42 Å². The molecule has 0 unspecified atom stereocenters. The van der Waals surface area contributed by atoms with Gasteiger partial charge in [-0.3, -0.25) is 4.79 Å². The number of carboxylic acids is 1. The van der Waals surface area contributed by atoms with Gasteiger partial charge >= 0.3 is 5.97 Å². The van der Waals surface area contributed by atoms with Crippen LogP contribution in [0.2, 0.25) is 0 Å². The van der Waals surface area contributed by atoms with E-state index in [0.29, 0.717) is 6.42 Å². The van der Waals surface area contributed by atoms with Gasteiger partial charge in [-0.15, -0.1) is 0 Å². The van der Waals surface area contributed by atoms with E-state index < -0.39 is 30.1 Å². The minimum absolute atomic E-state index is 0.0940. The number of carbonyl (C=O) groups is 2. The fraction of sp³-hybridized carbons (Fsp3) is 0.200. The number of rotatable bonds is 9. The van der Waals surface area contributed by atoms with Crippen LogP contribution in [0.25, 0.3) is 11.1 Å². The molecule has 6 heteroatoms. The molecule has 0 fully saturated rings. The molecule has 1 amide bonds. The second kappa shape index (κ2) is 10.5. The van der Waals surface area contributed by atoms with Gasteiger partial charge in [-0.05, 0) is 28.7 Å². The molecular weight excluding hydrogens is 392 g/mol. The van der Waals surface area contributed by atoms with Crippen LogP contribution in [0.15, 0.2) is 84.9 Å². The van der Waals surface area contributed by atoms with E-state index in [4.69, 9.17) is 5.73 Å². The summed E-state index contributed by atoms with van der Waals surface area (Å²) in [6.45, 7) is 0. The van der Waals surface area contributed by atoms with Crippen molar-refractivity contribution >= 4 is 11.9 Å². The lowest BCUT2D eigenvalue weighted by molar-refractivity contribution is -0.143. The Morgan fingerprint density at radius 3 is 1.87 bits per heavy atom. The second-order valence-corrected chi connectivity index (χ2v) is 7.46. The molecular formula is C25H26N2O4. The number of hydrogen-bond acceptors (Lipinski definition) is 4. The summed E-state index contributed by atoms with van der Waals surface area (Å²) in [4.78, 5) is 24.1. The van der Waals surface area contributed by atoms with Crippen LogP contribution in [0.3, 0.4) is 0 Å². The van der Waals surface area contributed by atoms with E-state index in [2.05, 4.69) is 5.32 Å². The average molecular weight is 418 g/mol.